The highest BCUT2D eigenvalue weighted by Gasteiger charge is 2.08. The number of carbonyl (C=O) groups is 1. The summed E-state index contributed by atoms with van der Waals surface area (Å²) in [5.74, 6) is -0.0505. The van der Waals surface area contributed by atoms with Gasteiger partial charge in [0.2, 0.25) is 5.91 Å². The van der Waals surface area contributed by atoms with Crippen LogP contribution in [-0.4, -0.2) is 12.5 Å². The van der Waals surface area contributed by atoms with E-state index in [1.54, 1.807) is 11.8 Å². The molecule has 0 atom stereocenters. The Kier molecular flexibility index (Phi) is 6.34. The van der Waals surface area contributed by atoms with E-state index in [-0.39, 0.29) is 12.5 Å². The van der Waals surface area contributed by atoms with Crippen LogP contribution >= 0.6 is 11.8 Å². The summed E-state index contributed by atoms with van der Waals surface area (Å²) in [4.78, 5) is 14.6. The van der Waals surface area contributed by atoms with E-state index in [1.165, 1.54) is 4.90 Å². The van der Waals surface area contributed by atoms with Gasteiger partial charge in [-0.15, -0.1) is 0 Å². The monoisotopic (exact) mass is 362 g/mol. The molecule has 0 aromatic heterocycles. The molecule has 26 heavy (non-hydrogen) atoms. The molecule has 0 saturated carbocycles. The molecule has 0 heterocycles. The van der Waals surface area contributed by atoms with Crippen LogP contribution in [-0.2, 0) is 11.2 Å². The number of aryl methyl sites for hydroxylation is 1. The lowest BCUT2D eigenvalue weighted by Gasteiger charge is -2.13. The van der Waals surface area contributed by atoms with Gasteiger partial charge in [-0.2, -0.15) is 0 Å². The molecule has 0 bridgehead atoms. The van der Waals surface area contributed by atoms with Gasteiger partial charge in [0.05, 0.1) is 6.54 Å². The van der Waals surface area contributed by atoms with E-state index in [0.29, 0.717) is 0 Å². The molecule has 3 nitrogen and oxygen atoms in total. The van der Waals surface area contributed by atoms with Gasteiger partial charge < -0.3 is 10.6 Å². The molecule has 0 fully saturated rings. The van der Waals surface area contributed by atoms with E-state index in [9.17, 15) is 4.79 Å². The standard InChI is InChI=1S/C22H22N2OS/c1-2-17-10-6-7-13-19(17)24-22(25)16-23-20-14-8-9-15-21(20)26-18-11-4-3-5-12-18/h3-15,23H,2,16H2,1H3,(H,24,25). The van der Waals surface area contributed by atoms with Crippen molar-refractivity contribution in [1.29, 1.82) is 0 Å². The van der Waals surface area contributed by atoms with Gasteiger partial charge >= 0.3 is 0 Å². The minimum Gasteiger partial charge on any atom is -0.375 e. The van der Waals surface area contributed by atoms with E-state index in [1.807, 2.05) is 60.7 Å². The summed E-state index contributed by atoms with van der Waals surface area (Å²) in [5, 5.41) is 6.25. The third-order valence-corrected chi connectivity index (χ3v) is 5.05. The van der Waals surface area contributed by atoms with E-state index < -0.39 is 0 Å². The van der Waals surface area contributed by atoms with Gasteiger partial charge in [-0.05, 0) is 42.3 Å². The van der Waals surface area contributed by atoms with Crippen molar-refractivity contribution >= 4 is 29.0 Å². The number of para-hydroxylation sites is 2. The lowest BCUT2D eigenvalue weighted by atomic mass is 10.1. The summed E-state index contributed by atoms with van der Waals surface area (Å²) >= 11 is 1.68. The summed E-state index contributed by atoms with van der Waals surface area (Å²) in [6.07, 6.45) is 0.889. The van der Waals surface area contributed by atoms with E-state index in [4.69, 9.17) is 0 Å². The fourth-order valence-electron chi connectivity index (χ4n) is 2.64. The number of anilines is 2. The van der Waals surface area contributed by atoms with E-state index >= 15 is 0 Å². The smallest absolute Gasteiger partial charge is 0.243 e. The molecule has 0 aliphatic rings. The first-order valence-corrected chi connectivity index (χ1v) is 9.51. The van der Waals surface area contributed by atoms with Gasteiger partial charge in [-0.25, -0.2) is 0 Å². The number of carbonyl (C=O) groups excluding carboxylic acids is 1. The summed E-state index contributed by atoms with van der Waals surface area (Å²) < 4.78 is 0. The maximum absolute atomic E-state index is 12.3. The van der Waals surface area contributed by atoms with Crippen molar-refractivity contribution in [2.45, 2.75) is 23.1 Å². The van der Waals surface area contributed by atoms with Crippen LogP contribution in [0.15, 0.2) is 88.7 Å². The zero-order chi connectivity index (χ0) is 18.2. The Bertz CT molecular complexity index is 865. The Hall–Kier alpha value is -2.72. The van der Waals surface area contributed by atoms with Crippen LogP contribution in [0.25, 0.3) is 0 Å². The molecular weight excluding hydrogens is 340 g/mol. The molecule has 132 valence electrons. The minimum atomic E-state index is -0.0505. The second-order valence-corrected chi connectivity index (χ2v) is 6.94. The molecule has 3 aromatic carbocycles. The maximum atomic E-state index is 12.3. The van der Waals surface area contributed by atoms with Crippen LogP contribution < -0.4 is 10.6 Å². The lowest BCUT2D eigenvalue weighted by Crippen LogP contribution is -2.22. The Morgan fingerprint density at radius 3 is 2.27 bits per heavy atom. The number of nitrogens with one attached hydrogen (secondary N) is 2. The number of hydrogen-bond acceptors (Lipinski definition) is 3. The molecule has 0 spiro atoms. The van der Waals surface area contributed by atoms with E-state index in [2.05, 4.69) is 35.8 Å². The fourth-order valence-corrected chi connectivity index (χ4v) is 3.58. The molecule has 0 radical (unpaired) electrons. The first-order valence-electron chi connectivity index (χ1n) is 8.70. The quantitative estimate of drug-likeness (QED) is 0.587. The van der Waals surface area contributed by atoms with Gasteiger partial charge in [-0.1, -0.05) is 67.2 Å². The maximum Gasteiger partial charge on any atom is 0.243 e. The Morgan fingerprint density at radius 2 is 1.50 bits per heavy atom. The SMILES string of the molecule is CCc1ccccc1NC(=O)CNc1ccccc1Sc1ccccc1. The molecule has 0 aliphatic carbocycles. The third kappa shape index (κ3) is 4.90. The van der Waals surface area contributed by atoms with Crippen molar-refractivity contribution in [3.63, 3.8) is 0 Å². The zero-order valence-electron chi connectivity index (χ0n) is 14.7. The summed E-state index contributed by atoms with van der Waals surface area (Å²) in [5.41, 5.74) is 2.98. The average Bonchev–Trinajstić information content (AvgIpc) is 2.68. The summed E-state index contributed by atoms with van der Waals surface area (Å²) in [6.45, 7) is 2.31. The van der Waals surface area contributed by atoms with Crippen LogP contribution in [0.1, 0.15) is 12.5 Å². The minimum absolute atomic E-state index is 0.0505. The van der Waals surface area contributed by atoms with Crippen molar-refractivity contribution in [1.82, 2.24) is 0 Å². The molecule has 3 rings (SSSR count). The number of amides is 1. The van der Waals surface area contributed by atoms with Crippen molar-refractivity contribution in [2.75, 3.05) is 17.2 Å². The predicted molar refractivity (Wildman–Crippen MR) is 110 cm³/mol. The number of benzene rings is 3. The van der Waals surface area contributed by atoms with Crippen LogP contribution in [0.5, 0.6) is 0 Å². The Morgan fingerprint density at radius 1 is 0.846 bits per heavy atom. The van der Waals surface area contributed by atoms with Gasteiger partial charge in [0.15, 0.2) is 0 Å². The highest BCUT2D eigenvalue weighted by molar-refractivity contribution is 7.99. The highest BCUT2D eigenvalue weighted by atomic mass is 32.2. The second kappa shape index (κ2) is 9.11. The topological polar surface area (TPSA) is 41.1 Å². The van der Waals surface area contributed by atoms with Crippen LogP contribution in [0.4, 0.5) is 11.4 Å². The van der Waals surface area contributed by atoms with Gasteiger partial charge in [0.1, 0.15) is 0 Å². The lowest BCUT2D eigenvalue weighted by molar-refractivity contribution is -0.114. The fraction of sp³-hybridized carbons (Fsp3) is 0.136. The van der Waals surface area contributed by atoms with E-state index in [0.717, 1.165) is 28.3 Å². The molecular formula is C22H22N2OS. The normalized spacial score (nSPS) is 10.3. The highest BCUT2D eigenvalue weighted by Crippen LogP contribution is 2.33. The average molecular weight is 362 g/mol. The Balaban J connectivity index is 1.63. The molecule has 1 amide bonds. The van der Waals surface area contributed by atoms with Crippen molar-refractivity contribution in [3.8, 4) is 0 Å². The number of rotatable bonds is 7. The first kappa shape index (κ1) is 18.1. The van der Waals surface area contributed by atoms with Crippen molar-refractivity contribution < 1.29 is 4.79 Å². The van der Waals surface area contributed by atoms with Crippen LogP contribution in [0, 0.1) is 0 Å². The second-order valence-electron chi connectivity index (χ2n) is 5.82. The zero-order valence-corrected chi connectivity index (χ0v) is 15.6. The van der Waals surface area contributed by atoms with Crippen LogP contribution in [0.3, 0.4) is 0 Å². The largest absolute Gasteiger partial charge is 0.375 e. The van der Waals surface area contributed by atoms with Crippen molar-refractivity contribution in [2.24, 2.45) is 0 Å². The Labute approximate surface area is 158 Å². The molecule has 3 aromatic rings. The van der Waals surface area contributed by atoms with Gasteiger partial charge in [0, 0.05) is 21.2 Å². The summed E-state index contributed by atoms with van der Waals surface area (Å²) in [7, 11) is 0. The first-order chi connectivity index (χ1) is 12.8. The molecule has 0 unspecified atom stereocenters. The number of hydrogen-bond donors (Lipinski definition) is 2. The molecule has 0 aliphatic heterocycles. The van der Waals surface area contributed by atoms with Crippen molar-refractivity contribution in [3.05, 3.63) is 84.4 Å². The summed E-state index contributed by atoms with van der Waals surface area (Å²) in [6, 6.07) is 26.2. The van der Waals surface area contributed by atoms with Crippen LogP contribution in [0.2, 0.25) is 0 Å². The predicted octanol–water partition coefficient (Wildman–Crippen LogP) is 5.45. The third-order valence-electron chi connectivity index (χ3n) is 3.97. The molecule has 2 N–H and O–H groups in total. The molecule has 0 saturated heterocycles. The van der Waals surface area contributed by atoms with Gasteiger partial charge in [0.25, 0.3) is 0 Å². The van der Waals surface area contributed by atoms with Gasteiger partial charge in [-0.3, -0.25) is 4.79 Å². The molecule has 4 heteroatoms.